The standard InChI is InChI=1S/C33H46N4O8/c1-20(2)25(36-30(42)45-32(4,5)6)28(39)34-21(3)27(38)35-24-17-15-22(16-18-24)19-44-31(43)37(9)26(29(40)41)33(7,8)23-13-11-10-12-14-23/h10-18,20-21,25-26H,19H2,1-9H3,(H,34,39)(H,35,38)(H,36,42)(H,40,41)/t21-,25?,26+/m0/s1. The highest BCUT2D eigenvalue weighted by Crippen LogP contribution is 2.30. The molecule has 0 aliphatic heterocycles. The minimum Gasteiger partial charge on any atom is -0.480 e. The number of likely N-dealkylation sites (N-methyl/N-ethyl adjacent to an activating group) is 1. The van der Waals surface area contributed by atoms with Crippen LogP contribution < -0.4 is 16.0 Å². The molecule has 0 spiro atoms. The zero-order valence-corrected chi connectivity index (χ0v) is 27.5. The van der Waals surface area contributed by atoms with Crippen LogP contribution in [0.4, 0.5) is 15.3 Å². The number of nitrogens with zero attached hydrogens (tertiary/aromatic N) is 1. The quantitative estimate of drug-likeness (QED) is 0.264. The number of anilines is 1. The van der Waals surface area contributed by atoms with E-state index in [4.69, 9.17) is 9.47 Å². The maximum absolute atomic E-state index is 12.8. The van der Waals surface area contributed by atoms with Crippen molar-refractivity contribution in [2.45, 2.75) is 91.1 Å². The number of hydrogen-bond donors (Lipinski definition) is 4. The fourth-order valence-electron chi connectivity index (χ4n) is 4.61. The molecule has 0 radical (unpaired) electrons. The predicted octanol–water partition coefficient (Wildman–Crippen LogP) is 4.68. The molecule has 0 aliphatic rings. The third kappa shape index (κ3) is 10.8. The minimum atomic E-state index is -1.18. The molecule has 0 heterocycles. The first-order chi connectivity index (χ1) is 20.8. The first-order valence-corrected chi connectivity index (χ1v) is 14.7. The van der Waals surface area contributed by atoms with Gasteiger partial charge < -0.3 is 30.5 Å². The zero-order chi connectivity index (χ0) is 34.1. The van der Waals surface area contributed by atoms with Gasteiger partial charge in [0.05, 0.1) is 0 Å². The lowest BCUT2D eigenvalue weighted by molar-refractivity contribution is -0.144. The molecule has 12 heteroatoms. The second-order valence-electron chi connectivity index (χ2n) is 12.8. The summed E-state index contributed by atoms with van der Waals surface area (Å²) in [6, 6.07) is 12.6. The average Bonchev–Trinajstić information content (AvgIpc) is 2.94. The van der Waals surface area contributed by atoms with Crippen LogP contribution >= 0.6 is 0 Å². The van der Waals surface area contributed by atoms with Crippen molar-refractivity contribution in [1.82, 2.24) is 15.5 Å². The molecular formula is C33H46N4O8. The molecule has 2 aromatic carbocycles. The number of alkyl carbamates (subject to hydrolysis) is 1. The molecule has 4 N–H and O–H groups in total. The summed E-state index contributed by atoms with van der Waals surface area (Å²) in [4.78, 5) is 63.9. The van der Waals surface area contributed by atoms with Gasteiger partial charge in [-0.1, -0.05) is 70.2 Å². The van der Waals surface area contributed by atoms with Crippen LogP contribution in [0.15, 0.2) is 54.6 Å². The van der Waals surface area contributed by atoms with E-state index in [1.54, 1.807) is 72.7 Å². The van der Waals surface area contributed by atoms with Crippen molar-refractivity contribution in [3.63, 3.8) is 0 Å². The van der Waals surface area contributed by atoms with Crippen molar-refractivity contribution < 1.29 is 38.6 Å². The molecule has 0 aromatic heterocycles. The van der Waals surface area contributed by atoms with Crippen LogP contribution in [0.1, 0.15) is 66.5 Å². The van der Waals surface area contributed by atoms with Gasteiger partial charge in [0, 0.05) is 18.2 Å². The molecule has 0 bridgehead atoms. The molecule has 12 nitrogen and oxygen atoms in total. The SMILES string of the molecule is CC(C)C(NC(=O)OC(C)(C)C)C(=O)N[C@@H](C)C(=O)Nc1ccc(COC(=O)N(C)[C@H](C(=O)O)C(C)(C)c2ccccc2)cc1. The van der Waals surface area contributed by atoms with E-state index >= 15 is 0 Å². The van der Waals surface area contributed by atoms with Gasteiger partial charge in [0.25, 0.3) is 0 Å². The highest BCUT2D eigenvalue weighted by atomic mass is 16.6. The van der Waals surface area contributed by atoms with E-state index in [1.807, 2.05) is 30.3 Å². The number of aliphatic carboxylic acids is 1. The molecular weight excluding hydrogens is 580 g/mol. The summed E-state index contributed by atoms with van der Waals surface area (Å²) in [6.07, 6.45) is -1.53. The predicted molar refractivity (Wildman–Crippen MR) is 170 cm³/mol. The molecule has 1 unspecified atom stereocenters. The summed E-state index contributed by atoms with van der Waals surface area (Å²) in [5.74, 6) is -2.44. The molecule has 0 fully saturated rings. The minimum absolute atomic E-state index is 0.122. The van der Waals surface area contributed by atoms with E-state index in [0.717, 1.165) is 10.5 Å². The Morgan fingerprint density at radius 2 is 1.42 bits per heavy atom. The number of rotatable bonds is 12. The third-order valence-electron chi connectivity index (χ3n) is 7.07. The number of benzene rings is 2. The Morgan fingerprint density at radius 1 is 0.844 bits per heavy atom. The number of amides is 4. The number of carboxylic acid groups (broad SMARTS) is 1. The van der Waals surface area contributed by atoms with Gasteiger partial charge in [0.15, 0.2) is 0 Å². The summed E-state index contributed by atoms with van der Waals surface area (Å²) < 4.78 is 10.6. The molecule has 4 amide bonds. The molecule has 2 rings (SSSR count). The molecule has 45 heavy (non-hydrogen) atoms. The highest BCUT2D eigenvalue weighted by molar-refractivity contribution is 5.98. The number of hydrogen-bond acceptors (Lipinski definition) is 7. The van der Waals surface area contributed by atoms with Crippen LogP contribution in [0, 0.1) is 5.92 Å². The van der Waals surface area contributed by atoms with Gasteiger partial charge in [0.2, 0.25) is 11.8 Å². The van der Waals surface area contributed by atoms with Crippen molar-refractivity contribution in [2.24, 2.45) is 5.92 Å². The fraction of sp³-hybridized carbons (Fsp3) is 0.485. The van der Waals surface area contributed by atoms with E-state index in [9.17, 15) is 29.1 Å². The van der Waals surface area contributed by atoms with Gasteiger partial charge >= 0.3 is 18.2 Å². The van der Waals surface area contributed by atoms with E-state index in [0.29, 0.717) is 11.3 Å². The van der Waals surface area contributed by atoms with E-state index in [1.165, 1.54) is 14.0 Å². The first kappa shape index (κ1) is 36.6. The Morgan fingerprint density at radius 3 is 1.93 bits per heavy atom. The van der Waals surface area contributed by atoms with Crippen molar-refractivity contribution in [1.29, 1.82) is 0 Å². The van der Waals surface area contributed by atoms with Crippen LogP contribution in [-0.2, 0) is 35.9 Å². The fourth-order valence-corrected chi connectivity index (χ4v) is 4.61. The number of nitrogens with one attached hydrogen (secondary N) is 3. The summed E-state index contributed by atoms with van der Waals surface area (Å²) in [6.45, 7) is 13.6. The van der Waals surface area contributed by atoms with Gasteiger partial charge in [-0.2, -0.15) is 0 Å². The first-order valence-electron chi connectivity index (χ1n) is 14.7. The zero-order valence-electron chi connectivity index (χ0n) is 27.5. The molecule has 0 saturated carbocycles. The topological polar surface area (TPSA) is 163 Å². The van der Waals surface area contributed by atoms with Crippen molar-refractivity contribution in [2.75, 3.05) is 12.4 Å². The number of ether oxygens (including phenoxy) is 2. The normalized spacial score (nSPS) is 13.6. The number of carbonyl (C=O) groups is 5. The average molecular weight is 627 g/mol. The summed E-state index contributed by atoms with van der Waals surface area (Å²) in [5.41, 5.74) is 0.184. The smallest absolute Gasteiger partial charge is 0.410 e. The lowest BCUT2D eigenvalue weighted by Gasteiger charge is -2.37. The van der Waals surface area contributed by atoms with Crippen LogP contribution in [0.2, 0.25) is 0 Å². The Kier molecular flexibility index (Phi) is 12.5. The van der Waals surface area contributed by atoms with Crippen LogP contribution in [0.3, 0.4) is 0 Å². The lowest BCUT2D eigenvalue weighted by Crippen LogP contribution is -2.54. The number of carboxylic acids is 1. The molecule has 2 aromatic rings. The number of carbonyl (C=O) groups excluding carboxylic acids is 4. The Hall–Kier alpha value is -4.61. The van der Waals surface area contributed by atoms with Crippen molar-refractivity contribution in [3.05, 3.63) is 65.7 Å². The Balaban J connectivity index is 1.95. The summed E-state index contributed by atoms with van der Waals surface area (Å²) >= 11 is 0. The van der Waals surface area contributed by atoms with E-state index in [2.05, 4.69) is 16.0 Å². The van der Waals surface area contributed by atoms with Crippen molar-refractivity contribution >= 4 is 35.7 Å². The van der Waals surface area contributed by atoms with Gasteiger partial charge in [-0.05, 0) is 56.9 Å². The second-order valence-corrected chi connectivity index (χ2v) is 12.8. The van der Waals surface area contributed by atoms with Gasteiger partial charge in [-0.3, -0.25) is 14.5 Å². The maximum atomic E-state index is 12.8. The molecule has 0 aliphatic carbocycles. The monoisotopic (exact) mass is 626 g/mol. The Bertz CT molecular complexity index is 1340. The van der Waals surface area contributed by atoms with Crippen LogP contribution in [0.5, 0.6) is 0 Å². The Labute approximate surface area is 264 Å². The second kappa shape index (κ2) is 15.4. The van der Waals surface area contributed by atoms with Gasteiger partial charge in [-0.25, -0.2) is 14.4 Å². The third-order valence-corrected chi connectivity index (χ3v) is 7.07. The summed E-state index contributed by atoms with van der Waals surface area (Å²) in [5, 5.41) is 17.8. The van der Waals surface area contributed by atoms with Crippen molar-refractivity contribution in [3.8, 4) is 0 Å². The van der Waals surface area contributed by atoms with E-state index < -0.39 is 59.1 Å². The summed E-state index contributed by atoms with van der Waals surface area (Å²) in [7, 11) is 1.39. The molecule has 246 valence electrons. The van der Waals surface area contributed by atoms with Crippen LogP contribution in [0.25, 0.3) is 0 Å². The maximum Gasteiger partial charge on any atom is 0.410 e. The van der Waals surface area contributed by atoms with Crippen LogP contribution in [-0.4, -0.2) is 70.8 Å². The lowest BCUT2D eigenvalue weighted by atomic mass is 9.77. The molecule has 0 saturated heterocycles. The largest absolute Gasteiger partial charge is 0.480 e. The van der Waals surface area contributed by atoms with Gasteiger partial charge in [0.1, 0.15) is 30.3 Å². The molecule has 3 atom stereocenters. The van der Waals surface area contributed by atoms with E-state index in [-0.39, 0.29) is 12.5 Å². The highest BCUT2D eigenvalue weighted by Gasteiger charge is 2.42. The van der Waals surface area contributed by atoms with Gasteiger partial charge in [-0.15, -0.1) is 0 Å².